The van der Waals surface area contributed by atoms with E-state index in [2.05, 4.69) is 60.8 Å². The number of benzene rings is 2. The Balaban J connectivity index is 1.37. The molecule has 5 rings (SSSR count). The minimum absolute atomic E-state index is 0.0626. The van der Waals surface area contributed by atoms with Gasteiger partial charge in [-0.05, 0) is 11.6 Å². The zero-order valence-electron chi connectivity index (χ0n) is 14.9. The molecular formula is C21H18O2S5. The largest absolute Gasteiger partial charge is 0.447 e. The van der Waals surface area contributed by atoms with Gasteiger partial charge in [0, 0.05) is 43.0 Å². The van der Waals surface area contributed by atoms with Crippen LogP contribution in [0.1, 0.15) is 10.8 Å². The Hall–Kier alpha value is -0.730. The van der Waals surface area contributed by atoms with E-state index in [-0.39, 0.29) is 11.4 Å². The minimum atomic E-state index is -0.320. The van der Waals surface area contributed by atoms with Gasteiger partial charge in [0.05, 0.1) is 9.16 Å². The molecule has 0 N–H and O–H groups in total. The number of fused-ring (bicyclic) bond motifs is 4. The topological polar surface area (TPSA) is 26.3 Å². The summed E-state index contributed by atoms with van der Waals surface area (Å²) in [6.45, 7) is 3.49. The molecule has 2 aliphatic rings. The van der Waals surface area contributed by atoms with Crippen molar-refractivity contribution in [3.05, 3.63) is 60.7 Å². The number of thiophene rings is 1. The summed E-state index contributed by atoms with van der Waals surface area (Å²) in [4.78, 5) is 11.5. The molecule has 3 aromatic rings. The Bertz CT molecular complexity index is 1050. The van der Waals surface area contributed by atoms with Crippen LogP contribution in [-0.2, 0) is 9.53 Å². The van der Waals surface area contributed by atoms with Crippen LogP contribution in [0.2, 0.25) is 0 Å². The van der Waals surface area contributed by atoms with Crippen LogP contribution in [0.3, 0.4) is 0 Å². The van der Waals surface area contributed by atoms with Crippen molar-refractivity contribution < 1.29 is 9.53 Å². The third kappa shape index (κ3) is 3.60. The number of carbonyl (C=O) groups is 1. The molecule has 7 heteroatoms. The molecule has 2 saturated heterocycles. The lowest BCUT2D eigenvalue weighted by molar-refractivity contribution is -0.138. The Morgan fingerprint density at radius 3 is 2.68 bits per heavy atom. The maximum atomic E-state index is 11.5. The molecule has 4 unspecified atom stereocenters. The average molecular weight is 463 g/mol. The van der Waals surface area contributed by atoms with E-state index in [4.69, 9.17) is 4.74 Å². The van der Waals surface area contributed by atoms with Gasteiger partial charge in [-0.2, -0.15) is 0 Å². The average Bonchev–Trinajstić information content (AvgIpc) is 3.12. The summed E-state index contributed by atoms with van der Waals surface area (Å²) < 4.78 is 9.25. The number of thioether (sulfide) groups is 4. The van der Waals surface area contributed by atoms with Gasteiger partial charge in [-0.3, -0.25) is 0 Å². The molecule has 28 heavy (non-hydrogen) atoms. The minimum Gasteiger partial charge on any atom is -0.447 e. The van der Waals surface area contributed by atoms with Gasteiger partial charge in [0.1, 0.15) is 0 Å². The van der Waals surface area contributed by atoms with Gasteiger partial charge in [0.2, 0.25) is 0 Å². The standard InChI is InChI=1S/C21H18O2S5/c1-2-17(22)23-18-11-25-20-21(28-18)24-10-16(27-20)14-8-5-7-13-12-6-3-4-9-15(12)26-19(13)14/h2-9,16,18,20-21H,1,10-11H2. The van der Waals surface area contributed by atoms with Gasteiger partial charge in [0.15, 0.2) is 5.44 Å². The predicted octanol–water partition coefficient (Wildman–Crippen LogP) is 6.76. The molecule has 4 atom stereocenters. The van der Waals surface area contributed by atoms with E-state index < -0.39 is 0 Å². The van der Waals surface area contributed by atoms with E-state index in [1.165, 1.54) is 31.8 Å². The highest BCUT2D eigenvalue weighted by atomic mass is 32.2. The Morgan fingerprint density at radius 1 is 1.00 bits per heavy atom. The maximum Gasteiger partial charge on any atom is 0.331 e. The van der Waals surface area contributed by atoms with Crippen LogP contribution in [0.4, 0.5) is 0 Å². The fraction of sp³-hybridized carbons (Fsp3) is 0.286. The normalized spacial score (nSPS) is 27.4. The fourth-order valence-corrected chi connectivity index (χ4v) is 12.2. The van der Waals surface area contributed by atoms with Crippen LogP contribution in [0.5, 0.6) is 0 Å². The summed E-state index contributed by atoms with van der Waals surface area (Å²) in [7, 11) is 0. The van der Waals surface area contributed by atoms with Crippen molar-refractivity contribution in [1.82, 2.24) is 0 Å². The van der Waals surface area contributed by atoms with Crippen LogP contribution < -0.4 is 0 Å². The van der Waals surface area contributed by atoms with E-state index in [9.17, 15) is 4.79 Å². The lowest BCUT2D eigenvalue weighted by atomic mass is 10.1. The second-order valence-electron chi connectivity index (χ2n) is 6.56. The molecular weight excluding hydrogens is 445 g/mol. The predicted molar refractivity (Wildman–Crippen MR) is 130 cm³/mol. The van der Waals surface area contributed by atoms with E-state index in [0.29, 0.717) is 14.4 Å². The highest BCUT2D eigenvalue weighted by molar-refractivity contribution is 8.26. The maximum absolute atomic E-state index is 11.5. The molecule has 2 nitrogen and oxygen atoms in total. The smallest absolute Gasteiger partial charge is 0.331 e. The van der Waals surface area contributed by atoms with Crippen molar-refractivity contribution in [2.75, 3.05) is 11.5 Å². The van der Waals surface area contributed by atoms with Crippen molar-refractivity contribution in [2.45, 2.75) is 19.8 Å². The summed E-state index contributed by atoms with van der Waals surface area (Å²) in [5.41, 5.74) is 1.41. The first-order chi connectivity index (χ1) is 13.7. The van der Waals surface area contributed by atoms with Gasteiger partial charge in [0.25, 0.3) is 0 Å². The molecule has 0 aliphatic carbocycles. The SMILES string of the molecule is C=CC(=O)OC1CSC2SC(c3cccc4c3sc3ccccc34)CSC2S1. The number of hydrogen-bond donors (Lipinski definition) is 0. The number of esters is 1. The zero-order valence-corrected chi connectivity index (χ0v) is 19.0. The highest BCUT2D eigenvalue weighted by Gasteiger charge is 2.40. The Morgan fingerprint density at radius 2 is 1.79 bits per heavy atom. The Labute approximate surface area is 185 Å². The van der Waals surface area contributed by atoms with Gasteiger partial charge in [-0.25, -0.2) is 4.79 Å². The second-order valence-corrected chi connectivity index (χ2v) is 13.2. The first-order valence-electron chi connectivity index (χ1n) is 9.00. The molecule has 0 saturated carbocycles. The lowest BCUT2D eigenvalue weighted by Gasteiger charge is -2.39. The number of hydrogen-bond acceptors (Lipinski definition) is 7. The van der Waals surface area contributed by atoms with Crippen molar-refractivity contribution in [3.8, 4) is 0 Å². The number of carbonyl (C=O) groups excluding carboxylic acids is 1. The first kappa shape index (κ1) is 19.2. The van der Waals surface area contributed by atoms with Gasteiger partial charge in [-0.15, -0.1) is 58.4 Å². The van der Waals surface area contributed by atoms with E-state index in [1.807, 2.05) is 34.9 Å². The van der Waals surface area contributed by atoms with Crippen LogP contribution in [-0.4, -0.2) is 32.1 Å². The number of rotatable bonds is 3. The summed E-state index contributed by atoms with van der Waals surface area (Å²) in [6, 6.07) is 15.5. The summed E-state index contributed by atoms with van der Waals surface area (Å²) in [5, 5.41) is 3.25. The van der Waals surface area contributed by atoms with Crippen molar-refractivity contribution in [1.29, 1.82) is 0 Å². The summed E-state index contributed by atoms with van der Waals surface area (Å²) in [6.07, 6.45) is 1.25. The van der Waals surface area contributed by atoms with Crippen LogP contribution in [0.15, 0.2) is 55.1 Å². The van der Waals surface area contributed by atoms with E-state index >= 15 is 0 Å². The third-order valence-electron chi connectivity index (χ3n) is 4.81. The van der Waals surface area contributed by atoms with Gasteiger partial charge < -0.3 is 4.74 Å². The van der Waals surface area contributed by atoms with E-state index in [0.717, 1.165) is 11.5 Å². The third-order valence-corrected chi connectivity index (χ3v) is 13.3. The van der Waals surface area contributed by atoms with E-state index in [1.54, 1.807) is 11.8 Å². The quantitative estimate of drug-likeness (QED) is 0.315. The zero-order chi connectivity index (χ0) is 19.1. The monoisotopic (exact) mass is 462 g/mol. The molecule has 3 heterocycles. The van der Waals surface area contributed by atoms with Crippen LogP contribution >= 0.6 is 58.4 Å². The highest BCUT2D eigenvalue weighted by Crippen LogP contribution is 2.56. The molecule has 1 aromatic heterocycles. The molecule has 0 amide bonds. The summed E-state index contributed by atoms with van der Waals surface area (Å²) >= 11 is 9.75. The van der Waals surface area contributed by atoms with Gasteiger partial charge >= 0.3 is 5.97 Å². The molecule has 0 bridgehead atoms. The van der Waals surface area contributed by atoms with Gasteiger partial charge in [-0.1, -0.05) is 43.0 Å². The lowest BCUT2D eigenvalue weighted by Crippen LogP contribution is -2.32. The molecule has 0 radical (unpaired) electrons. The summed E-state index contributed by atoms with van der Waals surface area (Å²) in [5.74, 6) is 1.62. The fourth-order valence-electron chi connectivity index (χ4n) is 3.53. The van der Waals surface area contributed by atoms with Crippen molar-refractivity contribution in [3.63, 3.8) is 0 Å². The molecule has 144 valence electrons. The van der Waals surface area contributed by atoms with Crippen molar-refractivity contribution in [2.24, 2.45) is 0 Å². The van der Waals surface area contributed by atoms with Crippen LogP contribution in [0.25, 0.3) is 20.2 Å². The van der Waals surface area contributed by atoms with Crippen molar-refractivity contribution >= 4 is 84.5 Å². The second kappa shape index (κ2) is 8.19. The molecule has 2 aromatic carbocycles. The molecule has 2 aliphatic heterocycles. The molecule has 0 spiro atoms. The Kier molecular flexibility index (Phi) is 5.63. The van der Waals surface area contributed by atoms with Crippen LogP contribution in [0, 0.1) is 0 Å². The first-order valence-corrected chi connectivity index (χ1v) is 13.8. The molecule has 2 fully saturated rings. The number of ether oxygens (including phenoxy) is 1.